The second-order valence-electron chi connectivity index (χ2n) is 6.59. The Morgan fingerprint density at radius 3 is 2.43 bits per heavy atom. The number of rotatable bonds is 9. The minimum Gasteiger partial charge on any atom is -0.494 e. The molecule has 1 fully saturated rings. The maximum atomic E-state index is 5.84. The second kappa shape index (κ2) is 9.09. The summed E-state index contributed by atoms with van der Waals surface area (Å²) in [7, 11) is 0. The van der Waals surface area contributed by atoms with Crippen LogP contribution >= 0.6 is 0 Å². The predicted molar refractivity (Wildman–Crippen MR) is 90.1 cm³/mol. The van der Waals surface area contributed by atoms with Crippen molar-refractivity contribution in [1.29, 1.82) is 0 Å². The summed E-state index contributed by atoms with van der Waals surface area (Å²) in [5.41, 5.74) is 2.56. The number of ether oxygens (including phenoxy) is 1. The normalized spacial score (nSPS) is 15.5. The van der Waals surface area contributed by atoms with E-state index in [1.807, 2.05) is 0 Å². The molecule has 0 saturated heterocycles. The van der Waals surface area contributed by atoms with E-state index in [9.17, 15) is 0 Å². The molecule has 21 heavy (non-hydrogen) atoms. The summed E-state index contributed by atoms with van der Waals surface area (Å²) in [6.07, 6.45) is 9.45. The quantitative estimate of drug-likeness (QED) is 0.669. The molecule has 2 nitrogen and oxygen atoms in total. The van der Waals surface area contributed by atoms with E-state index in [0.717, 1.165) is 24.7 Å². The van der Waals surface area contributed by atoms with Gasteiger partial charge in [-0.1, -0.05) is 18.9 Å². The van der Waals surface area contributed by atoms with Gasteiger partial charge in [0.25, 0.3) is 0 Å². The zero-order chi connectivity index (χ0) is 14.9. The molecule has 0 atom stereocenters. The Morgan fingerprint density at radius 1 is 1.00 bits per heavy atom. The van der Waals surface area contributed by atoms with Crippen LogP contribution in [0.15, 0.2) is 18.2 Å². The van der Waals surface area contributed by atoms with Crippen molar-refractivity contribution in [1.82, 2.24) is 5.32 Å². The number of unbranched alkanes of at least 4 members (excludes halogenated alkanes) is 2. The zero-order valence-electron chi connectivity index (χ0n) is 13.8. The van der Waals surface area contributed by atoms with Crippen molar-refractivity contribution in [2.24, 2.45) is 5.92 Å². The van der Waals surface area contributed by atoms with E-state index in [1.54, 1.807) is 0 Å². The summed E-state index contributed by atoms with van der Waals surface area (Å²) >= 11 is 0. The highest BCUT2D eigenvalue weighted by molar-refractivity contribution is 5.32. The van der Waals surface area contributed by atoms with E-state index >= 15 is 0 Å². The highest BCUT2D eigenvalue weighted by Crippen LogP contribution is 2.23. The molecular formula is C19H31NO. The van der Waals surface area contributed by atoms with E-state index in [-0.39, 0.29) is 0 Å². The van der Waals surface area contributed by atoms with E-state index in [2.05, 4.69) is 37.4 Å². The number of hydrogen-bond acceptors (Lipinski definition) is 2. The maximum Gasteiger partial charge on any atom is 0.119 e. The third kappa shape index (κ3) is 6.52. The fourth-order valence-corrected chi connectivity index (χ4v) is 3.26. The van der Waals surface area contributed by atoms with Gasteiger partial charge in [0, 0.05) is 0 Å². The molecule has 0 aromatic heterocycles. The third-order valence-corrected chi connectivity index (χ3v) is 4.37. The molecule has 0 amide bonds. The molecule has 0 bridgehead atoms. The van der Waals surface area contributed by atoms with Crippen molar-refractivity contribution in [3.63, 3.8) is 0 Å². The SMILES string of the molecule is Cc1cc(C)cc(OCCCCCNCC2CCCC2)c1. The molecule has 0 unspecified atom stereocenters. The van der Waals surface area contributed by atoms with Crippen molar-refractivity contribution >= 4 is 0 Å². The number of benzene rings is 1. The first-order valence-corrected chi connectivity index (χ1v) is 8.66. The Labute approximate surface area is 130 Å². The molecule has 0 spiro atoms. The van der Waals surface area contributed by atoms with Crippen LogP contribution in [0.5, 0.6) is 5.75 Å². The average molecular weight is 289 g/mol. The molecule has 1 aliphatic rings. The molecule has 1 aromatic carbocycles. The number of hydrogen-bond donors (Lipinski definition) is 1. The zero-order valence-corrected chi connectivity index (χ0v) is 13.8. The van der Waals surface area contributed by atoms with Gasteiger partial charge in [-0.2, -0.15) is 0 Å². The topological polar surface area (TPSA) is 21.3 Å². The molecule has 2 rings (SSSR count). The van der Waals surface area contributed by atoms with E-state index in [4.69, 9.17) is 4.74 Å². The Kier molecular flexibility index (Phi) is 7.08. The highest BCUT2D eigenvalue weighted by atomic mass is 16.5. The molecule has 1 aromatic rings. The molecule has 0 aliphatic heterocycles. The van der Waals surface area contributed by atoms with Gasteiger partial charge in [0.05, 0.1) is 6.61 Å². The maximum absolute atomic E-state index is 5.84. The Hall–Kier alpha value is -1.02. The van der Waals surface area contributed by atoms with Gasteiger partial charge in [-0.25, -0.2) is 0 Å². The molecular weight excluding hydrogens is 258 g/mol. The molecule has 1 N–H and O–H groups in total. The van der Waals surface area contributed by atoms with E-state index in [1.165, 1.54) is 62.7 Å². The molecule has 0 heterocycles. The van der Waals surface area contributed by atoms with Crippen LogP contribution in [0.25, 0.3) is 0 Å². The summed E-state index contributed by atoms with van der Waals surface area (Å²) in [5.74, 6) is 1.98. The average Bonchev–Trinajstić information content (AvgIpc) is 2.94. The van der Waals surface area contributed by atoms with Gasteiger partial charge in [0.1, 0.15) is 5.75 Å². The first kappa shape index (κ1) is 16.4. The fourth-order valence-electron chi connectivity index (χ4n) is 3.26. The summed E-state index contributed by atoms with van der Waals surface area (Å²) in [5, 5.41) is 3.61. The lowest BCUT2D eigenvalue weighted by Gasteiger charge is -2.10. The lowest BCUT2D eigenvalue weighted by Crippen LogP contribution is -2.22. The van der Waals surface area contributed by atoms with Crippen molar-refractivity contribution in [3.05, 3.63) is 29.3 Å². The van der Waals surface area contributed by atoms with Crippen LogP contribution in [0.4, 0.5) is 0 Å². The highest BCUT2D eigenvalue weighted by Gasteiger charge is 2.13. The monoisotopic (exact) mass is 289 g/mol. The van der Waals surface area contributed by atoms with Crippen molar-refractivity contribution in [2.75, 3.05) is 19.7 Å². The van der Waals surface area contributed by atoms with E-state index < -0.39 is 0 Å². The smallest absolute Gasteiger partial charge is 0.119 e. The third-order valence-electron chi connectivity index (χ3n) is 4.37. The van der Waals surface area contributed by atoms with Gasteiger partial charge in [-0.15, -0.1) is 0 Å². The molecule has 2 heteroatoms. The van der Waals surface area contributed by atoms with Crippen LogP contribution in [0.1, 0.15) is 56.1 Å². The van der Waals surface area contributed by atoms with Crippen LogP contribution in [-0.4, -0.2) is 19.7 Å². The van der Waals surface area contributed by atoms with Crippen LogP contribution in [0, 0.1) is 19.8 Å². The van der Waals surface area contributed by atoms with Gasteiger partial charge in [0.15, 0.2) is 0 Å². The van der Waals surface area contributed by atoms with Gasteiger partial charge in [-0.3, -0.25) is 0 Å². The Bertz CT molecular complexity index is 390. The lowest BCUT2D eigenvalue weighted by atomic mass is 10.1. The molecule has 0 radical (unpaired) electrons. The predicted octanol–water partition coefficient (Wildman–Crippen LogP) is 4.63. The van der Waals surface area contributed by atoms with Crippen LogP contribution < -0.4 is 10.1 Å². The second-order valence-corrected chi connectivity index (χ2v) is 6.59. The first-order chi connectivity index (χ1) is 10.2. The largest absolute Gasteiger partial charge is 0.494 e. The number of aryl methyl sites for hydroxylation is 2. The standard InChI is InChI=1S/C19H31NO/c1-16-12-17(2)14-19(13-16)21-11-7-3-6-10-20-15-18-8-4-5-9-18/h12-14,18,20H,3-11,15H2,1-2H3. The first-order valence-electron chi connectivity index (χ1n) is 8.66. The van der Waals surface area contributed by atoms with Crippen LogP contribution in [-0.2, 0) is 0 Å². The van der Waals surface area contributed by atoms with Gasteiger partial charge < -0.3 is 10.1 Å². The summed E-state index contributed by atoms with van der Waals surface area (Å²) in [6, 6.07) is 6.43. The van der Waals surface area contributed by atoms with Gasteiger partial charge in [0.2, 0.25) is 0 Å². The number of nitrogens with one attached hydrogen (secondary N) is 1. The lowest BCUT2D eigenvalue weighted by molar-refractivity contribution is 0.304. The van der Waals surface area contributed by atoms with Crippen LogP contribution in [0.3, 0.4) is 0 Å². The Morgan fingerprint density at radius 2 is 1.71 bits per heavy atom. The van der Waals surface area contributed by atoms with Crippen molar-refractivity contribution in [2.45, 2.75) is 58.8 Å². The fraction of sp³-hybridized carbons (Fsp3) is 0.684. The summed E-state index contributed by atoms with van der Waals surface area (Å²) < 4.78 is 5.84. The van der Waals surface area contributed by atoms with Gasteiger partial charge >= 0.3 is 0 Å². The molecule has 1 saturated carbocycles. The summed E-state index contributed by atoms with van der Waals surface area (Å²) in [6.45, 7) is 7.48. The van der Waals surface area contributed by atoms with E-state index in [0.29, 0.717) is 0 Å². The van der Waals surface area contributed by atoms with Gasteiger partial charge in [-0.05, 0) is 88.2 Å². The Balaban J connectivity index is 1.46. The van der Waals surface area contributed by atoms with Crippen LogP contribution in [0.2, 0.25) is 0 Å². The molecule has 118 valence electrons. The molecule has 1 aliphatic carbocycles. The summed E-state index contributed by atoms with van der Waals surface area (Å²) in [4.78, 5) is 0. The minimum absolute atomic E-state index is 0.839. The van der Waals surface area contributed by atoms with Crippen molar-refractivity contribution < 1.29 is 4.74 Å². The van der Waals surface area contributed by atoms with Crippen molar-refractivity contribution in [3.8, 4) is 5.75 Å². The minimum atomic E-state index is 0.839.